The maximum Gasteiger partial charge on any atom is 0.167 e. The zero-order chi connectivity index (χ0) is 21.6. The van der Waals surface area contributed by atoms with Crippen LogP contribution in [0.2, 0.25) is 0 Å². The molecule has 0 aliphatic carbocycles. The minimum absolute atomic E-state index is 0.164. The fraction of sp³-hybridized carbons (Fsp3) is 0.478. The van der Waals surface area contributed by atoms with Crippen molar-refractivity contribution in [3.05, 3.63) is 58.7 Å². The highest BCUT2D eigenvalue weighted by Gasteiger charge is 2.28. The van der Waals surface area contributed by atoms with Crippen LogP contribution in [-0.2, 0) is 6.42 Å². The second-order valence-corrected chi connectivity index (χ2v) is 8.71. The number of aliphatic hydroxyl groups excluding tert-OH is 2. The Balaban J connectivity index is 2.36. The van der Waals surface area contributed by atoms with E-state index in [0.29, 0.717) is 24.3 Å². The van der Waals surface area contributed by atoms with Crippen molar-refractivity contribution in [3.63, 3.8) is 0 Å². The highest BCUT2D eigenvalue weighted by molar-refractivity contribution is 8.00. The lowest BCUT2D eigenvalue weighted by Crippen LogP contribution is -2.23. The lowest BCUT2D eigenvalue weighted by molar-refractivity contribution is -0.0411. The summed E-state index contributed by atoms with van der Waals surface area (Å²) in [6.45, 7) is 8.17. The molecule has 0 heterocycles. The molecule has 6 heteroatoms. The van der Waals surface area contributed by atoms with Crippen molar-refractivity contribution < 1.29 is 24.8 Å². The average Bonchev–Trinajstić information content (AvgIpc) is 2.68. The number of rotatable bonds is 10. The molecule has 0 fully saturated rings. The van der Waals surface area contributed by atoms with E-state index in [1.807, 2.05) is 57.2 Å². The third kappa shape index (κ3) is 6.37. The van der Waals surface area contributed by atoms with Gasteiger partial charge in [0, 0.05) is 10.8 Å². The van der Waals surface area contributed by atoms with Gasteiger partial charge in [-0.05, 0) is 62.1 Å². The predicted octanol–water partition coefficient (Wildman–Crippen LogP) is 3.85. The van der Waals surface area contributed by atoms with E-state index >= 15 is 0 Å². The summed E-state index contributed by atoms with van der Waals surface area (Å²) in [6.07, 6.45) is -1.43. The summed E-state index contributed by atoms with van der Waals surface area (Å²) in [6, 6.07) is 11.9. The molecule has 5 nitrogen and oxygen atoms in total. The highest BCUT2D eigenvalue weighted by Crippen LogP contribution is 2.41. The minimum Gasteiger partial charge on any atom is -0.496 e. The molecule has 0 bridgehead atoms. The molecule has 0 aliphatic heterocycles. The van der Waals surface area contributed by atoms with E-state index in [4.69, 9.17) is 9.47 Å². The number of benzene rings is 2. The normalized spacial score (nSPS) is 14.5. The molecule has 2 rings (SSSR count). The van der Waals surface area contributed by atoms with Crippen LogP contribution in [0.3, 0.4) is 0 Å². The standard InChI is InChI=1S/C23H32O5S/c1-6-28-19-9-7-17(8-10-19)12-18-13-20(21(27-5)11-14(18)2)22(23(25)26)29-16(4)15(3)24/h7-11,13,15-16,22-26H,6,12H2,1-5H3. The van der Waals surface area contributed by atoms with Gasteiger partial charge in [0.2, 0.25) is 0 Å². The Bertz CT molecular complexity index is 774. The van der Waals surface area contributed by atoms with Gasteiger partial charge in [-0.25, -0.2) is 0 Å². The zero-order valence-electron chi connectivity index (χ0n) is 17.8. The molecule has 0 aromatic heterocycles. The molecule has 160 valence electrons. The van der Waals surface area contributed by atoms with Crippen LogP contribution >= 0.6 is 11.8 Å². The van der Waals surface area contributed by atoms with Gasteiger partial charge in [-0.15, -0.1) is 11.8 Å². The van der Waals surface area contributed by atoms with Gasteiger partial charge in [-0.2, -0.15) is 0 Å². The lowest BCUT2D eigenvalue weighted by Gasteiger charge is -2.26. The molecule has 3 unspecified atom stereocenters. The summed E-state index contributed by atoms with van der Waals surface area (Å²) < 4.78 is 11.0. The van der Waals surface area contributed by atoms with Crippen molar-refractivity contribution >= 4 is 11.8 Å². The van der Waals surface area contributed by atoms with Gasteiger partial charge < -0.3 is 24.8 Å². The molecule has 0 spiro atoms. The Labute approximate surface area is 177 Å². The number of methoxy groups -OCH3 is 1. The van der Waals surface area contributed by atoms with Gasteiger partial charge in [0.15, 0.2) is 6.29 Å². The van der Waals surface area contributed by atoms with Crippen LogP contribution in [-0.4, -0.2) is 46.7 Å². The van der Waals surface area contributed by atoms with Crippen molar-refractivity contribution in [1.82, 2.24) is 0 Å². The Morgan fingerprint density at radius 3 is 2.21 bits per heavy atom. The van der Waals surface area contributed by atoms with Crippen LogP contribution in [0.4, 0.5) is 0 Å². The molecular formula is C23H32O5S. The number of hydrogen-bond acceptors (Lipinski definition) is 6. The fourth-order valence-electron chi connectivity index (χ4n) is 3.07. The van der Waals surface area contributed by atoms with Gasteiger partial charge in [0.05, 0.1) is 25.1 Å². The number of hydrogen-bond donors (Lipinski definition) is 3. The van der Waals surface area contributed by atoms with Crippen LogP contribution in [0.5, 0.6) is 11.5 Å². The van der Waals surface area contributed by atoms with Crippen LogP contribution in [0.1, 0.15) is 48.3 Å². The maximum atomic E-state index is 10.0. The number of aliphatic hydroxyl groups is 3. The third-order valence-corrected chi connectivity index (χ3v) is 6.55. The minimum atomic E-state index is -1.57. The first-order valence-corrected chi connectivity index (χ1v) is 10.8. The Morgan fingerprint density at radius 2 is 1.69 bits per heavy atom. The molecule has 0 aliphatic rings. The van der Waals surface area contributed by atoms with Gasteiger partial charge in [0.25, 0.3) is 0 Å². The first-order chi connectivity index (χ1) is 13.8. The molecule has 0 radical (unpaired) electrons. The first-order valence-electron chi connectivity index (χ1n) is 9.85. The van der Waals surface area contributed by atoms with Crippen molar-refractivity contribution in [2.45, 2.75) is 57.0 Å². The van der Waals surface area contributed by atoms with Crippen molar-refractivity contribution in [2.24, 2.45) is 0 Å². The molecule has 3 atom stereocenters. The van der Waals surface area contributed by atoms with Crippen molar-refractivity contribution in [2.75, 3.05) is 13.7 Å². The van der Waals surface area contributed by atoms with Gasteiger partial charge in [0.1, 0.15) is 11.5 Å². The van der Waals surface area contributed by atoms with Crippen molar-refractivity contribution in [1.29, 1.82) is 0 Å². The topological polar surface area (TPSA) is 79.2 Å². The SMILES string of the molecule is CCOc1ccc(Cc2cc(C(SC(C)C(C)O)C(O)O)c(OC)cc2C)cc1. The van der Waals surface area contributed by atoms with Gasteiger partial charge in [-0.3, -0.25) is 0 Å². The summed E-state index contributed by atoms with van der Waals surface area (Å²) >= 11 is 1.33. The van der Waals surface area contributed by atoms with E-state index in [9.17, 15) is 15.3 Å². The van der Waals surface area contributed by atoms with Gasteiger partial charge >= 0.3 is 0 Å². The molecule has 0 saturated carbocycles. The first kappa shape index (κ1) is 23.5. The molecule has 2 aromatic rings. The Morgan fingerprint density at radius 1 is 1.03 bits per heavy atom. The van der Waals surface area contributed by atoms with Crippen LogP contribution in [0.25, 0.3) is 0 Å². The number of thioether (sulfide) groups is 1. The van der Waals surface area contributed by atoms with Crippen LogP contribution in [0.15, 0.2) is 36.4 Å². The largest absolute Gasteiger partial charge is 0.496 e. The monoisotopic (exact) mass is 420 g/mol. The second kappa shape index (κ2) is 10.9. The number of ether oxygens (including phenoxy) is 2. The van der Waals surface area contributed by atoms with E-state index in [2.05, 4.69) is 0 Å². The maximum absolute atomic E-state index is 10.0. The summed E-state index contributed by atoms with van der Waals surface area (Å²) in [4.78, 5) is 0. The molecule has 2 aromatic carbocycles. The molecule has 0 saturated heterocycles. The lowest BCUT2D eigenvalue weighted by atomic mass is 9.96. The molecular weight excluding hydrogens is 388 g/mol. The highest BCUT2D eigenvalue weighted by atomic mass is 32.2. The molecule has 3 N–H and O–H groups in total. The van der Waals surface area contributed by atoms with E-state index < -0.39 is 17.6 Å². The summed E-state index contributed by atoms with van der Waals surface area (Å²) in [5, 5.41) is 29.1. The Kier molecular flexibility index (Phi) is 8.83. The molecule has 29 heavy (non-hydrogen) atoms. The number of aryl methyl sites for hydroxylation is 1. The summed E-state index contributed by atoms with van der Waals surface area (Å²) in [5.41, 5.74) is 4.01. The van der Waals surface area contributed by atoms with E-state index in [-0.39, 0.29) is 5.25 Å². The smallest absolute Gasteiger partial charge is 0.167 e. The van der Waals surface area contributed by atoms with E-state index in [0.717, 1.165) is 22.4 Å². The van der Waals surface area contributed by atoms with Gasteiger partial charge in [-0.1, -0.05) is 25.1 Å². The average molecular weight is 421 g/mol. The predicted molar refractivity (Wildman–Crippen MR) is 118 cm³/mol. The van der Waals surface area contributed by atoms with Crippen LogP contribution < -0.4 is 9.47 Å². The molecule has 0 amide bonds. The quantitative estimate of drug-likeness (QED) is 0.507. The van der Waals surface area contributed by atoms with E-state index in [1.54, 1.807) is 14.0 Å². The third-order valence-electron chi connectivity index (χ3n) is 4.94. The zero-order valence-corrected chi connectivity index (χ0v) is 18.6. The second-order valence-electron chi connectivity index (χ2n) is 7.19. The summed E-state index contributed by atoms with van der Waals surface area (Å²) in [7, 11) is 1.58. The van der Waals surface area contributed by atoms with Crippen LogP contribution in [0, 0.1) is 6.92 Å². The van der Waals surface area contributed by atoms with E-state index in [1.165, 1.54) is 11.8 Å². The summed E-state index contributed by atoms with van der Waals surface area (Å²) in [5.74, 6) is 1.46. The van der Waals surface area contributed by atoms with Crippen molar-refractivity contribution in [3.8, 4) is 11.5 Å². The Hall–Kier alpha value is -1.73. The fourth-order valence-corrected chi connectivity index (χ4v) is 4.24.